The van der Waals surface area contributed by atoms with Crippen molar-refractivity contribution in [2.24, 2.45) is 0 Å². The summed E-state index contributed by atoms with van der Waals surface area (Å²) in [5.41, 5.74) is -0.0318. The highest BCUT2D eigenvalue weighted by atomic mass is 16.5. The fourth-order valence-corrected chi connectivity index (χ4v) is 1.25. The molecule has 0 spiro atoms. The highest BCUT2D eigenvalue weighted by Crippen LogP contribution is 2.12. The Morgan fingerprint density at radius 2 is 2.31 bits per heavy atom. The largest absolute Gasteiger partial charge is 0.476 e. The van der Waals surface area contributed by atoms with Crippen LogP contribution in [0.4, 0.5) is 0 Å². The van der Waals surface area contributed by atoms with Crippen molar-refractivity contribution < 1.29 is 19.4 Å². The van der Waals surface area contributed by atoms with E-state index in [2.05, 4.69) is 4.98 Å². The molecule has 0 fully saturated rings. The molecule has 6 nitrogen and oxygen atoms in total. The second kappa shape index (κ2) is 5.29. The van der Waals surface area contributed by atoms with Gasteiger partial charge in [-0.3, -0.25) is 4.79 Å². The van der Waals surface area contributed by atoms with Crippen molar-refractivity contribution in [2.45, 2.75) is 26.3 Å². The van der Waals surface area contributed by atoms with Gasteiger partial charge in [-0.15, -0.1) is 0 Å². The van der Waals surface area contributed by atoms with Crippen LogP contribution in [0.15, 0.2) is 12.5 Å². The van der Waals surface area contributed by atoms with Gasteiger partial charge in [0.1, 0.15) is 0 Å². The lowest BCUT2D eigenvalue weighted by Crippen LogP contribution is -2.12. The van der Waals surface area contributed by atoms with Crippen LogP contribution in [0.2, 0.25) is 0 Å². The van der Waals surface area contributed by atoms with Crippen molar-refractivity contribution in [1.29, 1.82) is 0 Å². The van der Waals surface area contributed by atoms with Gasteiger partial charge in [-0.2, -0.15) is 0 Å². The Bertz CT molecular complexity index is 386. The number of ether oxygens (including phenoxy) is 1. The zero-order valence-corrected chi connectivity index (χ0v) is 9.21. The third kappa shape index (κ3) is 3.08. The van der Waals surface area contributed by atoms with E-state index in [9.17, 15) is 9.59 Å². The number of rotatable bonds is 5. The summed E-state index contributed by atoms with van der Waals surface area (Å²) in [6, 6.07) is -0.167. The average molecular weight is 226 g/mol. The van der Waals surface area contributed by atoms with Gasteiger partial charge in [0.2, 0.25) is 0 Å². The predicted molar refractivity (Wildman–Crippen MR) is 55.1 cm³/mol. The van der Waals surface area contributed by atoms with E-state index in [1.807, 2.05) is 0 Å². The summed E-state index contributed by atoms with van der Waals surface area (Å²) in [6.45, 7) is 3.88. The lowest BCUT2D eigenvalue weighted by molar-refractivity contribution is -0.143. The Morgan fingerprint density at radius 3 is 2.81 bits per heavy atom. The average Bonchev–Trinajstić information content (AvgIpc) is 2.66. The molecule has 0 aromatic carbocycles. The molecule has 0 amide bonds. The number of carbonyl (C=O) groups is 2. The minimum absolute atomic E-state index is 0.0318. The molecule has 0 saturated heterocycles. The molecule has 0 bridgehead atoms. The molecule has 0 radical (unpaired) electrons. The lowest BCUT2D eigenvalue weighted by Gasteiger charge is -2.11. The fourth-order valence-electron chi connectivity index (χ4n) is 1.25. The minimum Gasteiger partial charge on any atom is -0.476 e. The summed E-state index contributed by atoms with van der Waals surface area (Å²) in [5, 5.41) is 8.68. The molecule has 88 valence electrons. The number of hydrogen-bond acceptors (Lipinski definition) is 4. The molecule has 1 rings (SSSR count). The highest BCUT2D eigenvalue weighted by Gasteiger charge is 2.14. The van der Waals surface area contributed by atoms with Gasteiger partial charge in [0, 0.05) is 12.2 Å². The first-order chi connectivity index (χ1) is 7.54. The fraction of sp³-hybridized carbons (Fsp3) is 0.500. The van der Waals surface area contributed by atoms with Gasteiger partial charge >= 0.3 is 11.9 Å². The van der Waals surface area contributed by atoms with Gasteiger partial charge in [-0.05, 0) is 13.8 Å². The normalized spacial score (nSPS) is 12.1. The molecule has 1 aromatic heterocycles. The standard InChI is InChI=1S/C10H14N2O4/c1-3-16-9(13)4-7(2)12-5-8(10(14)15)11-6-12/h5-7H,3-4H2,1-2H3,(H,14,15). The van der Waals surface area contributed by atoms with Gasteiger partial charge < -0.3 is 14.4 Å². The van der Waals surface area contributed by atoms with Gasteiger partial charge in [-0.25, -0.2) is 9.78 Å². The van der Waals surface area contributed by atoms with E-state index in [0.717, 1.165) is 0 Å². The molecule has 1 unspecified atom stereocenters. The molecule has 1 N–H and O–H groups in total. The van der Waals surface area contributed by atoms with Crippen molar-refractivity contribution in [3.05, 3.63) is 18.2 Å². The summed E-state index contributed by atoms with van der Waals surface area (Å²) < 4.78 is 6.38. The molecule has 0 aliphatic rings. The first-order valence-corrected chi connectivity index (χ1v) is 4.97. The van der Waals surface area contributed by atoms with Crippen LogP contribution in [0.3, 0.4) is 0 Å². The van der Waals surface area contributed by atoms with Gasteiger partial charge in [0.05, 0.1) is 19.4 Å². The van der Waals surface area contributed by atoms with Crippen LogP contribution < -0.4 is 0 Å². The van der Waals surface area contributed by atoms with E-state index in [-0.39, 0.29) is 24.1 Å². The molecule has 6 heteroatoms. The van der Waals surface area contributed by atoms with E-state index in [1.54, 1.807) is 18.4 Å². The third-order valence-electron chi connectivity index (χ3n) is 2.10. The second-order valence-electron chi connectivity index (χ2n) is 3.37. The number of imidazole rings is 1. The minimum atomic E-state index is -1.08. The number of carboxylic acid groups (broad SMARTS) is 1. The van der Waals surface area contributed by atoms with E-state index in [4.69, 9.17) is 9.84 Å². The summed E-state index contributed by atoms with van der Waals surface area (Å²) in [7, 11) is 0. The van der Waals surface area contributed by atoms with E-state index >= 15 is 0 Å². The number of carboxylic acids is 1. The Hall–Kier alpha value is -1.85. The Morgan fingerprint density at radius 1 is 1.62 bits per heavy atom. The van der Waals surface area contributed by atoms with Crippen molar-refractivity contribution in [1.82, 2.24) is 9.55 Å². The number of hydrogen-bond donors (Lipinski definition) is 1. The molecule has 0 aliphatic carbocycles. The van der Waals surface area contributed by atoms with Crippen LogP contribution in [0.25, 0.3) is 0 Å². The lowest BCUT2D eigenvalue weighted by atomic mass is 10.2. The monoisotopic (exact) mass is 226 g/mol. The third-order valence-corrected chi connectivity index (χ3v) is 2.10. The number of nitrogens with zero attached hydrogens (tertiary/aromatic N) is 2. The Labute approximate surface area is 92.9 Å². The summed E-state index contributed by atoms with van der Waals surface area (Å²) >= 11 is 0. The van der Waals surface area contributed by atoms with Crippen LogP contribution in [0.1, 0.15) is 36.8 Å². The smallest absolute Gasteiger partial charge is 0.356 e. The summed E-state index contributed by atoms with van der Waals surface area (Å²) in [5.74, 6) is -1.39. The Balaban J connectivity index is 2.62. The van der Waals surface area contributed by atoms with Crippen molar-refractivity contribution in [2.75, 3.05) is 6.61 Å². The molecule has 1 aromatic rings. The topological polar surface area (TPSA) is 81.4 Å². The molecular weight excluding hydrogens is 212 g/mol. The number of esters is 1. The SMILES string of the molecule is CCOC(=O)CC(C)n1cnc(C(=O)O)c1. The van der Waals surface area contributed by atoms with Gasteiger partial charge in [-0.1, -0.05) is 0 Å². The quantitative estimate of drug-likeness (QED) is 0.760. The zero-order valence-electron chi connectivity index (χ0n) is 9.21. The van der Waals surface area contributed by atoms with Crippen LogP contribution in [-0.2, 0) is 9.53 Å². The van der Waals surface area contributed by atoms with Gasteiger partial charge in [0.25, 0.3) is 0 Å². The molecule has 16 heavy (non-hydrogen) atoms. The first kappa shape index (κ1) is 12.2. The molecule has 1 heterocycles. The first-order valence-electron chi connectivity index (χ1n) is 4.97. The van der Waals surface area contributed by atoms with E-state index in [1.165, 1.54) is 12.5 Å². The number of carbonyl (C=O) groups excluding carboxylic acids is 1. The van der Waals surface area contributed by atoms with Crippen molar-refractivity contribution >= 4 is 11.9 Å². The number of aromatic carboxylic acids is 1. The van der Waals surface area contributed by atoms with Crippen LogP contribution in [0.5, 0.6) is 0 Å². The van der Waals surface area contributed by atoms with Gasteiger partial charge in [0.15, 0.2) is 5.69 Å². The maximum Gasteiger partial charge on any atom is 0.356 e. The second-order valence-corrected chi connectivity index (χ2v) is 3.37. The van der Waals surface area contributed by atoms with Crippen LogP contribution in [-0.4, -0.2) is 33.2 Å². The summed E-state index contributed by atoms with van der Waals surface area (Å²) in [4.78, 5) is 25.5. The highest BCUT2D eigenvalue weighted by molar-refractivity contribution is 5.84. The van der Waals surface area contributed by atoms with Crippen molar-refractivity contribution in [3.63, 3.8) is 0 Å². The summed E-state index contributed by atoms with van der Waals surface area (Å²) in [6.07, 6.45) is 2.99. The van der Waals surface area contributed by atoms with E-state index in [0.29, 0.717) is 6.61 Å². The zero-order chi connectivity index (χ0) is 12.1. The van der Waals surface area contributed by atoms with Crippen LogP contribution >= 0.6 is 0 Å². The molecule has 1 atom stereocenters. The van der Waals surface area contributed by atoms with E-state index < -0.39 is 5.97 Å². The molecule has 0 saturated carbocycles. The Kier molecular flexibility index (Phi) is 4.04. The molecular formula is C10H14N2O4. The predicted octanol–water partition coefficient (Wildman–Crippen LogP) is 1.10. The molecule has 0 aliphatic heterocycles. The maximum atomic E-state index is 11.2. The van der Waals surface area contributed by atoms with Crippen molar-refractivity contribution in [3.8, 4) is 0 Å². The van der Waals surface area contributed by atoms with Crippen LogP contribution in [0, 0.1) is 0 Å². The maximum absolute atomic E-state index is 11.2. The number of aromatic nitrogens is 2.